The molecule has 176 valence electrons. The van der Waals surface area contributed by atoms with Crippen molar-refractivity contribution in [3.63, 3.8) is 0 Å². The van der Waals surface area contributed by atoms with Crippen molar-refractivity contribution < 1.29 is 48.1 Å². The molecule has 22 nitrogen and oxygen atoms in total. The molecular formula is C6H19BN12O10P2. The highest BCUT2D eigenvalue weighted by atomic mass is 31.3. The van der Waals surface area contributed by atoms with Gasteiger partial charge in [-0.2, -0.15) is 34.2 Å². The van der Waals surface area contributed by atoms with Gasteiger partial charge in [0.05, 0.1) is 0 Å². The molecule has 0 aliphatic carbocycles. The Morgan fingerprint density at radius 1 is 0.548 bits per heavy atom. The Balaban J connectivity index is 0. The van der Waals surface area contributed by atoms with Gasteiger partial charge in [-0.15, -0.1) is 0 Å². The van der Waals surface area contributed by atoms with E-state index in [1.165, 1.54) is 0 Å². The van der Waals surface area contributed by atoms with Gasteiger partial charge in [-0.3, -0.25) is 0 Å². The van der Waals surface area contributed by atoms with Gasteiger partial charge in [0.2, 0.25) is 35.7 Å². The summed E-state index contributed by atoms with van der Waals surface area (Å²) in [6, 6.07) is 0. The highest BCUT2D eigenvalue weighted by molar-refractivity contribution is 7.60. The van der Waals surface area contributed by atoms with Gasteiger partial charge in [0.1, 0.15) is 0 Å². The number of hydrogen-bond acceptors (Lipinski definition) is 18. The van der Waals surface area contributed by atoms with Gasteiger partial charge in [-0.1, -0.05) is 0 Å². The number of aromatic nitrogens is 6. The van der Waals surface area contributed by atoms with E-state index in [1.54, 1.807) is 0 Å². The van der Waals surface area contributed by atoms with E-state index >= 15 is 0 Å². The fraction of sp³-hybridized carbons (Fsp3) is 0. The Hall–Kier alpha value is -2.98. The van der Waals surface area contributed by atoms with Crippen molar-refractivity contribution >= 4 is 58.7 Å². The van der Waals surface area contributed by atoms with Crippen LogP contribution in [0.2, 0.25) is 0 Å². The average Bonchev–Trinajstić information content (AvgIpc) is 2.40. The monoisotopic (exact) mass is 492 g/mol. The molecule has 2 aromatic rings. The first kappa shape index (κ1) is 30.2. The summed E-state index contributed by atoms with van der Waals surface area (Å²) in [5.74, 6) is 0.250. The van der Waals surface area contributed by atoms with E-state index in [-0.39, 0.29) is 35.7 Å². The number of nitrogens with two attached hydrogens (primary N) is 6. The molecule has 25 heteroatoms. The molecule has 0 spiro atoms. The first-order valence-corrected chi connectivity index (χ1v) is 9.78. The highest BCUT2D eigenvalue weighted by Crippen LogP contribution is 2.53. The van der Waals surface area contributed by atoms with E-state index < -0.39 is 23.0 Å². The lowest BCUT2D eigenvalue weighted by atomic mass is 10.3. The maximum Gasteiger partial charge on any atom is 0.631 e. The molecule has 0 radical (unpaired) electrons. The molecule has 0 amide bonds. The van der Waals surface area contributed by atoms with Crippen LogP contribution in [0.3, 0.4) is 0 Å². The lowest BCUT2D eigenvalue weighted by Gasteiger charge is -2.03. The number of hydrogen-bond donors (Lipinski definition) is 13. The van der Waals surface area contributed by atoms with Crippen LogP contribution >= 0.6 is 15.6 Å². The molecule has 0 bridgehead atoms. The van der Waals surface area contributed by atoms with Gasteiger partial charge in [-0.25, -0.2) is 9.13 Å². The smallest absolute Gasteiger partial charge is 0.402 e. The summed E-state index contributed by atoms with van der Waals surface area (Å²) in [5, 5.41) is 21.5. The molecule has 0 unspecified atom stereocenters. The molecule has 0 fully saturated rings. The summed E-state index contributed by atoms with van der Waals surface area (Å²) in [6.07, 6.45) is 0. The lowest BCUT2D eigenvalue weighted by Crippen LogP contribution is -2.07. The zero-order valence-corrected chi connectivity index (χ0v) is 16.8. The second kappa shape index (κ2) is 13.4. The van der Waals surface area contributed by atoms with E-state index in [1.807, 2.05) is 0 Å². The van der Waals surface area contributed by atoms with Gasteiger partial charge >= 0.3 is 23.0 Å². The molecule has 2 rings (SSSR count). The quantitative estimate of drug-likeness (QED) is 0.137. The van der Waals surface area contributed by atoms with Gasteiger partial charge in [0.15, 0.2) is 0 Å². The van der Waals surface area contributed by atoms with Crippen LogP contribution in [0.15, 0.2) is 0 Å². The number of rotatable bonds is 2. The predicted octanol–water partition coefficient (Wildman–Crippen LogP) is -5.63. The van der Waals surface area contributed by atoms with Gasteiger partial charge < -0.3 is 69.0 Å². The molecular weight excluding hydrogens is 473 g/mol. The first-order chi connectivity index (χ1) is 13.8. The van der Waals surface area contributed by atoms with Crippen LogP contribution in [0.25, 0.3) is 0 Å². The van der Waals surface area contributed by atoms with Crippen LogP contribution < -0.4 is 34.4 Å². The SMILES string of the molecule is Nc1nc(N)nc(N)n1.Nc1nc(N)nc(N)n1.O=P(O)(O)OP(=O)(O)O.OB(O)O. The van der Waals surface area contributed by atoms with Gasteiger partial charge in [-0.05, 0) is 0 Å². The summed E-state index contributed by atoms with van der Waals surface area (Å²) < 4.78 is 22.2. The van der Waals surface area contributed by atoms with Crippen LogP contribution in [0.5, 0.6) is 0 Å². The molecule has 19 N–H and O–H groups in total. The van der Waals surface area contributed by atoms with Crippen LogP contribution in [-0.2, 0) is 13.4 Å². The van der Waals surface area contributed by atoms with E-state index in [2.05, 4.69) is 34.2 Å². The fourth-order valence-corrected chi connectivity index (χ4v) is 2.10. The number of phosphoric acid groups is 2. The van der Waals surface area contributed by atoms with Crippen LogP contribution in [-0.4, -0.2) is 71.9 Å². The van der Waals surface area contributed by atoms with E-state index in [0.29, 0.717) is 0 Å². The summed E-state index contributed by atoms with van der Waals surface area (Å²) in [6.45, 7) is 0. The molecule has 0 aromatic carbocycles. The Bertz CT molecular complexity index is 736. The third-order valence-electron chi connectivity index (χ3n) is 1.59. The number of anilines is 6. The Morgan fingerprint density at radius 3 is 0.742 bits per heavy atom. The largest absolute Gasteiger partial charge is 0.631 e. The maximum absolute atomic E-state index is 9.63. The molecule has 0 saturated heterocycles. The van der Waals surface area contributed by atoms with E-state index in [9.17, 15) is 9.13 Å². The van der Waals surface area contributed by atoms with E-state index in [0.717, 1.165) is 0 Å². The van der Waals surface area contributed by atoms with Crippen molar-refractivity contribution in [1.82, 2.24) is 29.9 Å². The third kappa shape index (κ3) is 23.2. The molecule has 0 saturated carbocycles. The number of nitrogen functional groups attached to an aromatic ring is 6. The molecule has 0 aliphatic heterocycles. The molecule has 2 aromatic heterocycles. The van der Waals surface area contributed by atoms with Crippen molar-refractivity contribution in [2.24, 2.45) is 0 Å². The zero-order valence-electron chi connectivity index (χ0n) is 15.0. The van der Waals surface area contributed by atoms with Crippen molar-refractivity contribution in [2.75, 3.05) is 34.4 Å². The van der Waals surface area contributed by atoms with E-state index in [4.69, 9.17) is 69.0 Å². The summed E-state index contributed by atoms with van der Waals surface area (Å²) >= 11 is 0. The molecule has 2 heterocycles. The fourth-order valence-electron chi connectivity index (χ4n) is 0.993. The van der Waals surface area contributed by atoms with Gasteiger partial charge in [0, 0.05) is 0 Å². The number of nitrogens with zero attached hydrogens (tertiary/aromatic N) is 6. The van der Waals surface area contributed by atoms with Crippen molar-refractivity contribution in [3.8, 4) is 0 Å². The summed E-state index contributed by atoms with van der Waals surface area (Å²) in [7, 11) is -12.3. The highest BCUT2D eigenvalue weighted by Gasteiger charge is 2.27. The minimum Gasteiger partial charge on any atom is -0.402 e. The van der Waals surface area contributed by atoms with Crippen LogP contribution in [0, 0.1) is 0 Å². The average molecular weight is 492 g/mol. The maximum atomic E-state index is 9.63. The minimum atomic E-state index is -5.05. The van der Waals surface area contributed by atoms with Gasteiger partial charge in [0.25, 0.3) is 0 Å². The zero-order chi connectivity index (χ0) is 25.0. The van der Waals surface area contributed by atoms with Crippen molar-refractivity contribution in [2.45, 2.75) is 0 Å². The van der Waals surface area contributed by atoms with Crippen molar-refractivity contribution in [3.05, 3.63) is 0 Å². The first-order valence-electron chi connectivity index (χ1n) is 6.72. The molecule has 0 aliphatic rings. The second-order valence-corrected chi connectivity index (χ2v) is 6.84. The normalized spacial score (nSPS) is 10.3. The minimum absolute atomic E-state index is 0.0417. The second-order valence-electron chi connectivity index (χ2n) is 4.23. The Labute approximate surface area is 172 Å². The summed E-state index contributed by atoms with van der Waals surface area (Å²) in [4.78, 5) is 51.9. The van der Waals surface area contributed by atoms with Crippen molar-refractivity contribution in [1.29, 1.82) is 0 Å². The van der Waals surface area contributed by atoms with Crippen LogP contribution in [0.4, 0.5) is 35.7 Å². The topological polar surface area (TPSA) is 418 Å². The molecule has 0 atom stereocenters. The molecule has 31 heavy (non-hydrogen) atoms. The third-order valence-corrected chi connectivity index (χ3v) is 3.29. The predicted molar refractivity (Wildman–Crippen MR) is 104 cm³/mol. The lowest BCUT2D eigenvalue weighted by molar-refractivity contribution is 0.225. The Kier molecular flexibility index (Phi) is 13.0. The van der Waals surface area contributed by atoms with Crippen LogP contribution in [0.1, 0.15) is 0 Å². The Morgan fingerprint density at radius 2 is 0.677 bits per heavy atom. The summed E-state index contributed by atoms with van der Waals surface area (Å²) in [5.41, 5.74) is 30.8. The standard InChI is InChI=1S/2C3H6N6.BH3O3.H4O7P2/c2*4-1-7-2(5)9-3(6)8-1;2-1(3)4;1-8(2,3)7-9(4,5)6/h2*(H6,4,5,6,7,8,9);2-4H;(H2,1,2,3)(H2,4,5,6).